The lowest BCUT2D eigenvalue weighted by Crippen LogP contribution is -2.31. The van der Waals surface area contributed by atoms with Gasteiger partial charge in [-0.25, -0.2) is 9.07 Å². The molecule has 0 aliphatic carbocycles. The van der Waals surface area contributed by atoms with Gasteiger partial charge in [0.05, 0.1) is 25.1 Å². The number of nitrogens with zero attached hydrogens (tertiary/aromatic N) is 3. The number of aliphatic hydroxyl groups excluding tert-OH is 1. The minimum atomic E-state index is -0.407. The number of para-hydroxylation sites is 1. The second-order valence-electron chi connectivity index (χ2n) is 7.53. The van der Waals surface area contributed by atoms with Crippen LogP contribution in [0.15, 0.2) is 48.7 Å². The van der Waals surface area contributed by atoms with Crippen LogP contribution in [0, 0.1) is 12.7 Å². The molecule has 6 heteroatoms. The number of aromatic nitrogens is 2. The first-order valence-corrected chi connectivity index (χ1v) is 9.94. The Morgan fingerprint density at radius 3 is 2.79 bits per heavy atom. The van der Waals surface area contributed by atoms with Crippen LogP contribution in [0.2, 0.25) is 0 Å². The molecular formula is C23H26FN3O2. The van der Waals surface area contributed by atoms with Crippen molar-refractivity contribution in [3.05, 3.63) is 65.6 Å². The van der Waals surface area contributed by atoms with Crippen LogP contribution in [0.3, 0.4) is 0 Å². The molecule has 2 aromatic carbocycles. The summed E-state index contributed by atoms with van der Waals surface area (Å²) in [5.74, 6) is -0.190. The first kappa shape index (κ1) is 19.6. The van der Waals surface area contributed by atoms with Crippen LogP contribution in [-0.4, -0.2) is 46.1 Å². The number of halogens is 1. The number of aliphatic hydroxyl groups is 1. The lowest BCUT2D eigenvalue weighted by atomic mass is 10.1. The van der Waals surface area contributed by atoms with E-state index >= 15 is 0 Å². The molecule has 3 aromatic rings. The highest BCUT2D eigenvalue weighted by Crippen LogP contribution is 2.30. The number of methoxy groups -OCH3 is 1. The maximum atomic E-state index is 14.4. The standard InChI is InChI=1S/C23H26FN3O2/c1-16-6-3-4-8-21(16)27-14-18(13-26-11-5-7-19(26)15-28)23(25-27)17-9-10-22(29-2)20(24)12-17/h3-4,6,8-10,12,14,19,28H,5,7,11,13,15H2,1-2H3/t19-/m0/s1. The molecule has 0 saturated carbocycles. The molecule has 1 atom stereocenters. The van der Waals surface area contributed by atoms with E-state index in [9.17, 15) is 9.50 Å². The van der Waals surface area contributed by atoms with E-state index in [4.69, 9.17) is 9.84 Å². The quantitative estimate of drug-likeness (QED) is 0.687. The van der Waals surface area contributed by atoms with Gasteiger partial charge >= 0.3 is 0 Å². The van der Waals surface area contributed by atoms with Gasteiger partial charge in [-0.3, -0.25) is 4.90 Å². The lowest BCUT2D eigenvalue weighted by Gasteiger charge is -2.22. The molecule has 1 aromatic heterocycles. The molecular weight excluding hydrogens is 369 g/mol. The van der Waals surface area contributed by atoms with Crippen LogP contribution in [0.1, 0.15) is 24.0 Å². The average molecular weight is 395 g/mol. The van der Waals surface area contributed by atoms with Crippen LogP contribution in [0.4, 0.5) is 4.39 Å². The molecule has 2 heterocycles. The van der Waals surface area contributed by atoms with Crippen LogP contribution in [-0.2, 0) is 6.54 Å². The number of likely N-dealkylation sites (tertiary alicyclic amines) is 1. The minimum Gasteiger partial charge on any atom is -0.494 e. The van der Waals surface area contributed by atoms with E-state index in [1.807, 2.05) is 48.1 Å². The summed E-state index contributed by atoms with van der Waals surface area (Å²) in [5.41, 5.74) is 4.58. The van der Waals surface area contributed by atoms with E-state index in [-0.39, 0.29) is 18.4 Å². The maximum absolute atomic E-state index is 14.4. The summed E-state index contributed by atoms with van der Waals surface area (Å²) in [6.07, 6.45) is 4.09. The number of rotatable bonds is 6. The molecule has 5 nitrogen and oxygen atoms in total. The van der Waals surface area contributed by atoms with Gasteiger partial charge in [0.2, 0.25) is 0 Å². The fourth-order valence-electron chi connectivity index (χ4n) is 4.05. The number of benzene rings is 2. The molecule has 1 N–H and O–H groups in total. The first-order valence-electron chi connectivity index (χ1n) is 9.94. The van der Waals surface area contributed by atoms with Crippen LogP contribution >= 0.6 is 0 Å². The number of hydrogen-bond donors (Lipinski definition) is 1. The molecule has 29 heavy (non-hydrogen) atoms. The summed E-state index contributed by atoms with van der Waals surface area (Å²) in [6.45, 7) is 3.81. The van der Waals surface area contributed by atoms with Gasteiger partial charge in [0.15, 0.2) is 11.6 Å². The molecule has 4 rings (SSSR count). The molecule has 0 spiro atoms. The second kappa shape index (κ2) is 8.35. The van der Waals surface area contributed by atoms with Gasteiger partial charge in [-0.2, -0.15) is 5.10 Å². The lowest BCUT2D eigenvalue weighted by molar-refractivity contribution is 0.154. The molecule has 0 radical (unpaired) electrons. The third-order valence-electron chi connectivity index (χ3n) is 5.66. The molecule has 0 unspecified atom stereocenters. The fourth-order valence-corrected chi connectivity index (χ4v) is 4.05. The van der Waals surface area contributed by atoms with E-state index in [2.05, 4.69) is 4.90 Å². The Kier molecular flexibility index (Phi) is 5.65. The predicted molar refractivity (Wildman–Crippen MR) is 111 cm³/mol. The number of aryl methyl sites for hydroxylation is 1. The highest BCUT2D eigenvalue weighted by atomic mass is 19.1. The summed E-state index contributed by atoms with van der Waals surface area (Å²) in [5, 5.41) is 14.5. The van der Waals surface area contributed by atoms with Crippen molar-refractivity contribution in [2.45, 2.75) is 32.4 Å². The summed E-state index contributed by atoms with van der Waals surface area (Å²) >= 11 is 0. The van der Waals surface area contributed by atoms with Crippen LogP contribution < -0.4 is 4.74 Å². The van der Waals surface area contributed by atoms with E-state index in [0.29, 0.717) is 12.1 Å². The van der Waals surface area contributed by atoms with E-state index in [1.165, 1.54) is 13.2 Å². The molecule has 0 amide bonds. The van der Waals surface area contributed by atoms with Crippen LogP contribution in [0.5, 0.6) is 5.75 Å². The van der Waals surface area contributed by atoms with Gasteiger partial charge in [-0.1, -0.05) is 18.2 Å². The van der Waals surface area contributed by atoms with Gasteiger partial charge in [-0.15, -0.1) is 0 Å². The molecule has 0 bridgehead atoms. The van der Waals surface area contributed by atoms with Crippen molar-refractivity contribution in [1.29, 1.82) is 0 Å². The van der Waals surface area contributed by atoms with Crippen molar-refractivity contribution in [2.75, 3.05) is 20.3 Å². The predicted octanol–water partition coefficient (Wildman–Crippen LogP) is 3.95. The van der Waals surface area contributed by atoms with Gasteiger partial charge in [0.1, 0.15) is 0 Å². The topological polar surface area (TPSA) is 50.5 Å². The maximum Gasteiger partial charge on any atom is 0.165 e. The molecule has 1 saturated heterocycles. The Labute approximate surface area is 170 Å². The summed E-state index contributed by atoms with van der Waals surface area (Å²) in [4.78, 5) is 2.28. The highest BCUT2D eigenvalue weighted by molar-refractivity contribution is 5.64. The van der Waals surface area contributed by atoms with Gasteiger partial charge in [0.25, 0.3) is 0 Å². The average Bonchev–Trinajstić information content (AvgIpc) is 3.35. The van der Waals surface area contributed by atoms with Crippen molar-refractivity contribution in [3.8, 4) is 22.7 Å². The van der Waals surface area contributed by atoms with E-state index < -0.39 is 5.82 Å². The number of ether oxygens (including phenoxy) is 1. The Balaban J connectivity index is 1.77. The van der Waals surface area contributed by atoms with Crippen molar-refractivity contribution >= 4 is 0 Å². The minimum absolute atomic E-state index is 0.151. The van der Waals surface area contributed by atoms with Crippen molar-refractivity contribution < 1.29 is 14.2 Å². The van der Waals surface area contributed by atoms with Crippen molar-refractivity contribution in [1.82, 2.24) is 14.7 Å². The summed E-state index contributed by atoms with van der Waals surface area (Å²) in [6, 6.07) is 13.2. The summed E-state index contributed by atoms with van der Waals surface area (Å²) in [7, 11) is 1.46. The summed E-state index contributed by atoms with van der Waals surface area (Å²) < 4.78 is 21.3. The third-order valence-corrected chi connectivity index (χ3v) is 5.66. The molecule has 1 fully saturated rings. The Hall–Kier alpha value is -2.70. The Morgan fingerprint density at radius 2 is 2.07 bits per heavy atom. The monoisotopic (exact) mass is 395 g/mol. The SMILES string of the molecule is COc1ccc(-c2nn(-c3ccccc3C)cc2CN2CCC[C@H]2CO)cc1F. The fraction of sp³-hybridized carbons (Fsp3) is 0.348. The third kappa shape index (κ3) is 3.91. The molecule has 1 aliphatic rings. The normalized spacial score (nSPS) is 17.0. The molecule has 152 valence electrons. The smallest absolute Gasteiger partial charge is 0.165 e. The van der Waals surface area contributed by atoms with Gasteiger partial charge < -0.3 is 9.84 Å². The first-order chi connectivity index (χ1) is 14.1. The largest absolute Gasteiger partial charge is 0.494 e. The van der Waals surface area contributed by atoms with E-state index in [0.717, 1.165) is 41.9 Å². The van der Waals surface area contributed by atoms with Crippen molar-refractivity contribution in [3.63, 3.8) is 0 Å². The zero-order chi connectivity index (χ0) is 20.4. The van der Waals surface area contributed by atoms with Crippen LogP contribution in [0.25, 0.3) is 16.9 Å². The zero-order valence-electron chi connectivity index (χ0n) is 16.8. The molecule has 1 aliphatic heterocycles. The number of hydrogen-bond acceptors (Lipinski definition) is 4. The Bertz CT molecular complexity index is 1000. The van der Waals surface area contributed by atoms with Crippen molar-refractivity contribution in [2.24, 2.45) is 0 Å². The van der Waals surface area contributed by atoms with Gasteiger partial charge in [0, 0.05) is 29.9 Å². The van der Waals surface area contributed by atoms with E-state index in [1.54, 1.807) is 6.07 Å². The highest BCUT2D eigenvalue weighted by Gasteiger charge is 2.26. The second-order valence-corrected chi connectivity index (χ2v) is 7.53. The zero-order valence-corrected chi connectivity index (χ0v) is 16.8. The van der Waals surface area contributed by atoms with Gasteiger partial charge in [-0.05, 0) is 56.1 Å². The Morgan fingerprint density at radius 1 is 1.24 bits per heavy atom.